The van der Waals surface area contributed by atoms with E-state index in [0.29, 0.717) is 32.8 Å². The minimum atomic E-state index is -0.412. The fourth-order valence-corrected chi connectivity index (χ4v) is 3.49. The summed E-state index contributed by atoms with van der Waals surface area (Å²) in [5.41, 5.74) is 2.69. The number of carbonyl (C=O) groups is 1. The van der Waals surface area contributed by atoms with Gasteiger partial charge >= 0.3 is 0 Å². The van der Waals surface area contributed by atoms with Crippen molar-refractivity contribution in [1.29, 1.82) is 0 Å². The molecule has 0 spiro atoms. The van der Waals surface area contributed by atoms with E-state index in [0.717, 1.165) is 22.0 Å². The Balaban J connectivity index is 1.54. The summed E-state index contributed by atoms with van der Waals surface area (Å²) in [5, 5.41) is 4.39. The molecule has 0 bridgehead atoms. The van der Waals surface area contributed by atoms with E-state index in [9.17, 15) is 9.59 Å². The number of aromatic nitrogens is 1. The second-order valence-electron chi connectivity index (χ2n) is 6.91. The number of benzene rings is 2. The molecule has 1 saturated heterocycles. The summed E-state index contributed by atoms with van der Waals surface area (Å²) in [5.74, 6) is 0.0691. The van der Waals surface area contributed by atoms with Crippen LogP contribution in [-0.2, 0) is 16.1 Å². The maximum Gasteiger partial charge on any atom is 0.248 e. The van der Waals surface area contributed by atoms with Crippen LogP contribution in [0, 0.1) is 0 Å². The number of nitrogens with zero attached hydrogens (tertiary/aromatic N) is 1. The van der Waals surface area contributed by atoms with Gasteiger partial charge in [-0.05, 0) is 34.7 Å². The lowest BCUT2D eigenvalue weighted by molar-refractivity contribution is -0.137. The Kier molecular flexibility index (Phi) is 5.50. The molecular weight excluding hydrogens is 354 g/mol. The minimum absolute atomic E-state index is 0.0691. The number of fused-ring (bicyclic) bond motifs is 1. The second kappa shape index (κ2) is 8.37. The Hall–Kier alpha value is -2.96. The lowest BCUT2D eigenvalue weighted by Crippen LogP contribution is -2.46. The third-order valence-electron chi connectivity index (χ3n) is 5.00. The molecule has 1 aromatic heterocycles. The molecule has 0 aliphatic carbocycles. The van der Waals surface area contributed by atoms with E-state index >= 15 is 0 Å². The summed E-state index contributed by atoms with van der Waals surface area (Å²) in [6.45, 7) is 2.94. The van der Waals surface area contributed by atoms with Crippen LogP contribution in [0.25, 0.3) is 10.9 Å². The van der Waals surface area contributed by atoms with Crippen molar-refractivity contribution in [3.8, 4) is 0 Å². The smallest absolute Gasteiger partial charge is 0.248 e. The highest BCUT2D eigenvalue weighted by atomic mass is 16.5. The summed E-state index contributed by atoms with van der Waals surface area (Å²) in [6.07, 6.45) is 0. The largest absolute Gasteiger partial charge is 0.378 e. The highest BCUT2D eigenvalue weighted by Gasteiger charge is 2.26. The van der Waals surface area contributed by atoms with E-state index in [1.54, 1.807) is 0 Å². The van der Waals surface area contributed by atoms with Gasteiger partial charge in [-0.3, -0.25) is 14.9 Å². The molecule has 0 saturated carbocycles. The second-order valence-corrected chi connectivity index (χ2v) is 6.91. The molecule has 1 aliphatic rings. The fraction of sp³-hybridized carbons (Fsp3) is 0.273. The lowest BCUT2D eigenvalue weighted by atomic mass is 10.0. The minimum Gasteiger partial charge on any atom is -0.378 e. The van der Waals surface area contributed by atoms with Crippen molar-refractivity contribution in [2.24, 2.45) is 0 Å². The first kappa shape index (κ1) is 18.4. The van der Waals surface area contributed by atoms with Gasteiger partial charge in [0.05, 0.1) is 13.2 Å². The first-order chi connectivity index (χ1) is 13.7. The molecular formula is C22H23N3O3. The number of amides is 1. The summed E-state index contributed by atoms with van der Waals surface area (Å²) in [4.78, 5) is 29.3. The van der Waals surface area contributed by atoms with E-state index in [1.807, 2.05) is 59.5 Å². The number of hydrogen-bond acceptors (Lipinski definition) is 4. The highest BCUT2D eigenvalue weighted by Crippen LogP contribution is 2.19. The van der Waals surface area contributed by atoms with Crippen LogP contribution in [-0.4, -0.2) is 42.1 Å². The van der Waals surface area contributed by atoms with Gasteiger partial charge in [-0.2, -0.15) is 0 Å². The normalized spacial score (nSPS) is 15.5. The van der Waals surface area contributed by atoms with Gasteiger partial charge in [-0.25, -0.2) is 0 Å². The molecule has 1 aliphatic heterocycles. The standard InChI is InChI=1S/C22H23N3O3/c26-20-9-7-18-14-16(6-8-19(18)24-20)15-23-21(17-4-2-1-3-5-17)22(27)25-10-12-28-13-11-25/h1-9,14,21,23H,10-13,15H2,(H,24,26)/t21-/m1/s1. The van der Waals surface area contributed by atoms with E-state index in [2.05, 4.69) is 10.3 Å². The summed E-state index contributed by atoms with van der Waals surface area (Å²) >= 11 is 0. The number of ether oxygens (including phenoxy) is 1. The fourth-order valence-electron chi connectivity index (χ4n) is 3.49. The third kappa shape index (κ3) is 4.13. The monoisotopic (exact) mass is 377 g/mol. The van der Waals surface area contributed by atoms with Crippen molar-refractivity contribution in [1.82, 2.24) is 15.2 Å². The van der Waals surface area contributed by atoms with Crippen molar-refractivity contribution in [3.63, 3.8) is 0 Å². The topological polar surface area (TPSA) is 74.4 Å². The molecule has 144 valence electrons. The van der Waals surface area contributed by atoms with Crippen molar-refractivity contribution in [2.75, 3.05) is 26.3 Å². The van der Waals surface area contributed by atoms with E-state index < -0.39 is 6.04 Å². The average molecular weight is 377 g/mol. The zero-order valence-corrected chi connectivity index (χ0v) is 15.6. The predicted molar refractivity (Wildman–Crippen MR) is 108 cm³/mol. The van der Waals surface area contributed by atoms with Crippen molar-refractivity contribution < 1.29 is 9.53 Å². The molecule has 0 radical (unpaired) electrons. The molecule has 6 nitrogen and oxygen atoms in total. The zero-order chi connectivity index (χ0) is 19.3. The molecule has 2 N–H and O–H groups in total. The molecule has 1 fully saturated rings. The number of H-pyrrole nitrogens is 1. The van der Waals surface area contributed by atoms with Crippen LogP contribution in [0.2, 0.25) is 0 Å². The quantitative estimate of drug-likeness (QED) is 0.715. The Morgan fingerprint density at radius 2 is 1.86 bits per heavy atom. The molecule has 3 aromatic rings. The molecule has 0 unspecified atom stereocenters. The first-order valence-corrected chi connectivity index (χ1v) is 9.47. The predicted octanol–water partition coefficient (Wildman–Crippen LogP) is 2.22. The van der Waals surface area contributed by atoms with E-state index in [-0.39, 0.29) is 11.5 Å². The molecule has 6 heteroatoms. The number of aromatic amines is 1. The van der Waals surface area contributed by atoms with Gasteiger partial charge in [0.1, 0.15) is 6.04 Å². The molecule has 4 rings (SSSR count). The SMILES string of the molecule is O=C([C@H](NCc1ccc2[nH]c(=O)ccc2c1)c1ccccc1)N1CCOCC1. The number of nitrogens with one attached hydrogen (secondary N) is 2. The Bertz CT molecular complexity index is 1010. The van der Waals surface area contributed by atoms with Crippen molar-refractivity contribution in [3.05, 3.63) is 82.1 Å². The first-order valence-electron chi connectivity index (χ1n) is 9.47. The maximum absolute atomic E-state index is 13.1. The van der Waals surface area contributed by atoms with Gasteiger partial charge in [0, 0.05) is 31.2 Å². The van der Waals surface area contributed by atoms with Crippen LogP contribution in [0.5, 0.6) is 0 Å². The summed E-state index contributed by atoms with van der Waals surface area (Å²) < 4.78 is 5.37. The molecule has 1 atom stereocenters. The van der Waals surface area contributed by atoms with Crippen molar-refractivity contribution in [2.45, 2.75) is 12.6 Å². The van der Waals surface area contributed by atoms with Gasteiger partial charge in [-0.1, -0.05) is 36.4 Å². The number of carbonyl (C=O) groups excluding carboxylic acids is 1. The Morgan fingerprint density at radius 1 is 1.07 bits per heavy atom. The zero-order valence-electron chi connectivity index (χ0n) is 15.6. The summed E-state index contributed by atoms with van der Waals surface area (Å²) in [6, 6.07) is 18.6. The van der Waals surface area contributed by atoms with Crippen molar-refractivity contribution >= 4 is 16.8 Å². The van der Waals surface area contributed by atoms with Crippen LogP contribution in [0.3, 0.4) is 0 Å². The number of rotatable bonds is 5. The van der Waals surface area contributed by atoms with Crippen LogP contribution >= 0.6 is 0 Å². The van der Waals surface area contributed by atoms with Gasteiger partial charge < -0.3 is 14.6 Å². The van der Waals surface area contributed by atoms with E-state index in [4.69, 9.17) is 4.74 Å². The number of hydrogen-bond donors (Lipinski definition) is 2. The van der Waals surface area contributed by atoms with Gasteiger partial charge in [-0.15, -0.1) is 0 Å². The van der Waals surface area contributed by atoms with Crippen LogP contribution in [0.4, 0.5) is 0 Å². The van der Waals surface area contributed by atoms with Gasteiger partial charge in [0.25, 0.3) is 0 Å². The van der Waals surface area contributed by atoms with E-state index in [1.165, 1.54) is 6.07 Å². The average Bonchev–Trinajstić information content (AvgIpc) is 2.75. The Morgan fingerprint density at radius 3 is 2.64 bits per heavy atom. The van der Waals surface area contributed by atoms with Crippen LogP contribution in [0.15, 0.2) is 65.5 Å². The maximum atomic E-state index is 13.1. The molecule has 28 heavy (non-hydrogen) atoms. The van der Waals surface area contributed by atoms with Gasteiger partial charge in [0.2, 0.25) is 11.5 Å². The van der Waals surface area contributed by atoms with Crippen LogP contribution < -0.4 is 10.9 Å². The van der Waals surface area contributed by atoms with Gasteiger partial charge in [0.15, 0.2) is 0 Å². The molecule has 1 amide bonds. The molecule has 2 heterocycles. The number of pyridine rings is 1. The third-order valence-corrected chi connectivity index (χ3v) is 5.00. The highest BCUT2D eigenvalue weighted by molar-refractivity contribution is 5.83. The van der Waals surface area contributed by atoms with Crippen LogP contribution in [0.1, 0.15) is 17.2 Å². The Labute approximate surface area is 163 Å². The lowest BCUT2D eigenvalue weighted by Gasteiger charge is -2.31. The molecule has 2 aromatic carbocycles. The number of morpholine rings is 1. The summed E-state index contributed by atoms with van der Waals surface area (Å²) in [7, 11) is 0.